The van der Waals surface area contributed by atoms with Gasteiger partial charge in [0.15, 0.2) is 5.12 Å². The van der Waals surface area contributed by atoms with Gasteiger partial charge in [0.2, 0.25) is 5.91 Å². The number of aromatic nitrogens is 2. The first-order valence-electron chi connectivity index (χ1n) is 12.3. The second-order valence-electron chi connectivity index (χ2n) is 9.34. The van der Waals surface area contributed by atoms with E-state index in [4.69, 9.17) is 4.74 Å². The molecule has 0 aliphatic heterocycles. The summed E-state index contributed by atoms with van der Waals surface area (Å²) < 4.78 is 7.02. The Morgan fingerprint density at radius 2 is 1.97 bits per heavy atom. The zero-order valence-electron chi connectivity index (χ0n) is 21.8. The quantitative estimate of drug-likeness (QED) is 0.392. The van der Waals surface area contributed by atoms with Gasteiger partial charge >= 0.3 is 5.97 Å². The highest BCUT2D eigenvalue weighted by Crippen LogP contribution is 2.20. The molecule has 0 saturated carbocycles. The Morgan fingerprint density at radius 1 is 1.23 bits per heavy atom. The van der Waals surface area contributed by atoms with E-state index in [1.807, 2.05) is 25.3 Å². The molecule has 0 unspecified atom stereocenters. The molecule has 0 bridgehead atoms. The van der Waals surface area contributed by atoms with Gasteiger partial charge in [-0.25, -0.2) is 9.78 Å². The second kappa shape index (κ2) is 14.1. The fourth-order valence-corrected chi connectivity index (χ4v) is 4.75. The van der Waals surface area contributed by atoms with Crippen molar-refractivity contribution in [2.45, 2.75) is 73.4 Å². The summed E-state index contributed by atoms with van der Waals surface area (Å²) in [6, 6.07) is 5.72. The molecule has 1 N–H and O–H groups in total. The number of methoxy groups -OCH3 is 1. The Bertz CT molecular complexity index is 1020. The number of carbonyl (C=O) groups excluding carboxylic acids is 3. The van der Waals surface area contributed by atoms with Crippen molar-refractivity contribution < 1.29 is 19.1 Å². The summed E-state index contributed by atoms with van der Waals surface area (Å²) in [5.41, 5.74) is 3.40. The number of esters is 1. The van der Waals surface area contributed by atoms with E-state index in [1.165, 1.54) is 25.8 Å². The summed E-state index contributed by atoms with van der Waals surface area (Å²) in [6.07, 6.45) is 5.52. The summed E-state index contributed by atoms with van der Waals surface area (Å²) in [7, 11) is 1.38. The molecular formula is C27H39N3O4S. The predicted octanol–water partition coefficient (Wildman–Crippen LogP) is 4.93. The number of carbonyl (C=O) groups is 3. The zero-order valence-corrected chi connectivity index (χ0v) is 22.7. The van der Waals surface area contributed by atoms with Crippen LogP contribution in [0.4, 0.5) is 0 Å². The molecule has 1 aromatic carbocycles. The van der Waals surface area contributed by atoms with Gasteiger partial charge in [0.25, 0.3) is 0 Å². The minimum absolute atomic E-state index is 0.0266. The molecule has 1 aromatic heterocycles. The molecule has 0 fully saturated rings. The Kier molecular flexibility index (Phi) is 11.5. The molecule has 0 spiro atoms. The minimum atomic E-state index is -0.345. The number of aryl methyl sites for hydroxylation is 2. The van der Waals surface area contributed by atoms with Gasteiger partial charge in [0.1, 0.15) is 5.82 Å². The third kappa shape index (κ3) is 8.84. The fourth-order valence-electron chi connectivity index (χ4n) is 4.03. The van der Waals surface area contributed by atoms with Crippen LogP contribution in [0.15, 0.2) is 24.4 Å². The molecule has 0 aliphatic carbocycles. The van der Waals surface area contributed by atoms with Gasteiger partial charge in [0.05, 0.1) is 31.1 Å². The first-order valence-corrected chi connectivity index (χ1v) is 13.3. The number of nitrogens with zero attached hydrogens (tertiary/aromatic N) is 2. The Hall–Kier alpha value is -2.61. The van der Waals surface area contributed by atoms with Gasteiger partial charge in [-0.1, -0.05) is 51.1 Å². The van der Waals surface area contributed by atoms with Crippen LogP contribution in [0.25, 0.3) is 0 Å². The predicted molar refractivity (Wildman–Crippen MR) is 140 cm³/mol. The number of rotatable bonds is 13. The molecule has 8 heteroatoms. The third-order valence-electron chi connectivity index (χ3n) is 5.87. The fraction of sp³-hybridized carbons (Fsp3) is 0.556. The standard InChI is InChI=1S/C27H39N3O4S/c1-7-8-9-25-28-14-23(15-29-26(32)22(12-18(2)3)17-35-20(5)31)30(25)16-21-10-11-24(19(4)13-21)27(33)34-6/h10-11,13-14,18,22H,7-9,12,15-17H2,1-6H3,(H,29,32)/t22-/m0/s1. The summed E-state index contributed by atoms with van der Waals surface area (Å²) in [5.74, 6) is 1.24. The minimum Gasteiger partial charge on any atom is -0.465 e. The van der Waals surface area contributed by atoms with Crippen LogP contribution in [0.2, 0.25) is 0 Å². The van der Waals surface area contributed by atoms with Crippen molar-refractivity contribution in [1.29, 1.82) is 0 Å². The van der Waals surface area contributed by atoms with E-state index in [9.17, 15) is 14.4 Å². The van der Waals surface area contributed by atoms with Gasteiger partial charge in [-0.15, -0.1) is 0 Å². The molecule has 1 amide bonds. The number of hydrogen-bond donors (Lipinski definition) is 1. The molecule has 0 aliphatic rings. The van der Waals surface area contributed by atoms with Crippen molar-refractivity contribution >= 4 is 28.8 Å². The first-order chi connectivity index (χ1) is 16.7. The van der Waals surface area contributed by atoms with Crippen molar-refractivity contribution in [3.8, 4) is 0 Å². The number of unbranched alkanes of at least 4 members (excludes halogenated alkanes) is 1. The zero-order chi connectivity index (χ0) is 26.0. The van der Waals surface area contributed by atoms with Gasteiger partial charge in [-0.05, 0) is 42.9 Å². The molecule has 0 saturated heterocycles. The van der Waals surface area contributed by atoms with E-state index in [-0.39, 0.29) is 22.9 Å². The highest BCUT2D eigenvalue weighted by molar-refractivity contribution is 8.13. The van der Waals surface area contributed by atoms with E-state index in [1.54, 1.807) is 6.07 Å². The maximum Gasteiger partial charge on any atom is 0.338 e. The number of amides is 1. The molecule has 7 nitrogen and oxygen atoms in total. The Morgan fingerprint density at radius 3 is 2.57 bits per heavy atom. The molecule has 0 radical (unpaired) electrons. The van der Waals surface area contributed by atoms with Crippen molar-refractivity contribution in [1.82, 2.24) is 14.9 Å². The van der Waals surface area contributed by atoms with Crippen LogP contribution in [-0.4, -0.2) is 39.4 Å². The van der Waals surface area contributed by atoms with Crippen LogP contribution in [0.3, 0.4) is 0 Å². The van der Waals surface area contributed by atoms with E-state index < -0.39 is 0 Å². The number of imidazole rings is 1. The maximum absolute atomic E-state index is 13.0. The SMILES string of the molecule is CCCCc1ncc(CNC(=O)[C@H](CSC(C)=O)CC(C)C)n1Cc1ccc(C(=O)OC)c(C)c1. The molecular weight excluding hydrogens is 462 g/mol. The summed E-state index contributed by atoms with van der Waals surface area (Å²) in [4.78, 5) is 41.0. The lowest BCUT2D eigenvalue weighted by Crippen LogP contribution is -2.33. The lowest BCUT2D eigenvalue weighted by atomic mass is 9.98. The van der Waals surface area contributed by atoms with Crippen LogP contribution in [0.1, 0.15) is 80.0 Å². The first kappa shape index (κ1) is 28.6. The molecule has 2 rings (SSSR count). The highest BCUT2D eigenvalue weighted by Gasteiger charge is 2.21. The van der Waals surface area contributed by atoms with E-state index in [0.717, 1.165) is 48.3 Å². The van der Waals surface area contributed by atoms with Gasteiger partial charge in [0, 0.05) is 31.6 Å². The number of benzene rings is 1. The topological polar surface area (TPSA) is 90.3 Å². The van der Waals surface area contributed by atoms with Gasteiger partial charge < -0.3 is 14.6 Å². The maximum atomic E-state index is 13.0. The lowest BCUT2D eigenvalue weighted by molar-refractivity contribution is -0.125. The van der Waals surface area contributed by atoms with E-state index in [0.29, 0.717) is 30.3 Å². The number of ether oxygens (including phenoxy) is 1. The highest BCUT2D eigenvalue weighted by atomic mass is 32.2. The molecule has 35 heavy (non-hydrogen) atoms. The normalized spacial score (nSPS) is 12.0. The van der Waals surface area contributed by atoms with Gasteiger partial charge in [-0.2, -0.15) is 0 Å². The summed E-state index contributed by atoms with van der Waals surface area (Å²) >= 11 is 1.21. The number of thioether (sulfide) groups is 1. The van der Waals surface area contributed by atoms with Crippen LogP contribution >= 0.6 is 11.8 Å². The van der Waals surface area contributed by atoms with Crippen LogP contribution in [0, 0.1) is 18.8 Å². The average Bonchev–Trinajstić information content (AvgIpc) is 3.19. The largest absolute Gasteiger partial charge is 0.465 e. The monoisotopic (exact) mass is 501 g/mol. The third-order valence-corrected chi connectivity index (χ3v) is 6.85. The number of nitrogens with one attached hydrogen (secondary N) is 1. The van der Waals surface area contributed by atoms with Crippen molar-refractivity contribution in [2.24, 2.45) is 11.8 Å². The molecule has 1 atom stereocenters. The lowest BCUT2D eigenvalue weighted by Gasteiger charge is -2.19. The van der Waals surface area contributed by atoms with Gasteiger partial charge in [-0.3, -0.25) is 9.59 Å². The van der Waals surface area contributed by atoms with Crippen molar-refractivity contribution in [2.75, 3.05) is 12.9 Å². The number of hydrogen-bond acceptors (Lipinski definition) is 6. The van der Waals surface area contributed by atoms with E-state index >= 15 is 0 Å². The van der Waals surface area contributed by atoms with Crippen LogP contribution < -0.4 is 5.32 Å². The summed E-state index contributed by atoms with van der Waals surface area (Å²) in [5, 5.41) is 3.11. The second-order valence-corrected chi connectivity index (χ2v) is 10.5. The molecule has 2 aromatic rings. The Balaban J connectivity index is 2.21. The van der Waals surface area contributed by atoms with Crippen LogP contribution in [-0.2, 0) is 33.8 Å². The van der Waals surface area contributed by atoms with E-state index in [2.05, 4.69) is 35.6 Å². The Labute approximate surface area is 213 Å². The summed E-state index contributed by atoms with van der Waals surface area (Å²) in [6.45, 7) is 10.7. The van der Waals surface area contributed by atoms with Crippen molar-refractivity contribution in [3.63, 3.8) is 0 Å². The average molecular weight is 502 g/mol. The van der Waals surface area contributed by atoms with Crippen molar-refractivity contribution in [3.05, 3.63) is 52.6 Å². The molecule has 192 valence electrons. The smallest absolute Gasteiger partial charge is 0.338 e. The molecule has 1 heterocycles. The van der Waals surface area contributed by atoms with Crippen LogP contribution in [0.5, 0.6) is 0 Å².